The van der Waals surface area contributed by atoms with Crippen LogP contribution in [0.15, 0.2) is 24.3 Å². The van der Waals surface area contributed by atoms with Gasteiger partial charge in [0.2, 0.25) is 5.91 Å². The zero-order valence-electron chi connectivity index (χ0n) is 13.2. The first-order chi connectivity index (χ1) is 10.3. The highest BCUT2D eigenvalue weighted by Crippen LogP contribution is 2.09. The Hall–Kier alpha value is -1.59. The maximum Gasteiger partial charge on any atom is 0.251 e. The fourth-order valence-electron chi connectivity index (χ4n) is 2.06. The molecule has 0 aliphatic heterocycles. The molecule has 1 rings (SSSR count). The maximum atomic E-state index is 12.1. The van der Waals surface area contributed by atoms with Gasteiger partial charge in [-0.15, -0.1) is 0 Å². The number of nitrogens with two attached hydrogens (primary N) is 1. The summed E-state index contributed by atoms with van der Waals surface area (Å²) >= 11 is 5.78. The van der Waals surface area contributed by atoms with Gasteiger partial charge in [0.05, 0.1) is 0 Å². The summed E-state index contributed by atoms with van der Waals surface area (Å²) in [6, 6.07) is 5.78. The van der Waals surface area contributed by atoms with E-state index >= 15 is 0 Å². The fraction of sp³-hybridized carbons (Fsp3) is 0.500. The van der Waals surface area contributed by atoms with Crippen LogP contribution in [-0.2, 0) is 4.79 Å². The number of carbonyl (C=O) groups excluding carboxylic acids is 2. The van der Waals surface area contributed by atoms with Gasteiger partial charge in [0.25, 0.3) is 5.91 Å². The van der Waals surface area contributed by atoms with E-state index in [0.29, 0.717) is 23.0 Å². The van der Waals surface area contributed by atoms with Crippen LogP contribution in [0.4, 0.5) is 0 Å². The van der Waals surface area contributed by atoms with Crippen molar-refractivity contribution in [2.75, 3.05) is 6.54 Å². The van der Waals surface area contributed by atoms with E-state index in [1.807, 2.05) is 0 Å². The molecular weight excluding hydrogens is 302 g/mol. The lowest BCUT2D eigenvalue weighted by Gasteiger charge is -2.21. The summed E-state index contributed by atoms with van der Waals surface area (Å²) in [6.45, 7) is 6.16. The lowest BCUT2D eigenvalue weighted by atomic mass is 10.0. The molecule has 0 radical (unpaired) electrons. The summed E-state index contributed by atoms with van der Waals surface area (Å²) in [5.74, 6) is -0.112. The molecule has 2 unspecified atom stereocenters. The summed E-state index contributed by atoms with van der Waals surface area (Å²) in [5.41, 5.74) is 6.12. The van der Waals surface area contributed by atoms with Gasteiger partial charge < -0.3 is 16.4 Å². The maximum absolute atomic E-state index is 12.1. The number of rotatable bonds is 7. The second-order valence-electron chi connectivity index (χ2n) is 5.77. The molecule has 1 aromatic rings. The van der Waals surface area contributed by atoms with Crippen LogP contribution in [0.1, 0.15) is 37.6 Å². The SMILES string of the molecule is CC(C)CC(CN)NC(=O)C(C)NC(=O)c1ccc(Cl)cc1. The molecule has 5 nitrogen and oxygen atoms in total. The molecular formula is C16H24ClN3O2. The topological polar surface area (TPSA) is 84.2 Å². The minimum atomic E-state index is -0.635. The third-order valence-corrected chi connectivity index (χ3v) is 3.49. The van der Waals surface area contributed by atoms with E-state index in [1.54, 1.807) is 31.2 Å². The van der Waals surface area contributed by atoms with Gasteiger partial charge >= 0.3 is 0 Å². The lowest BCUT2D eigenvalue weighted by Crippen LogP contribution is -2.50. The number of benzene rings is 1. The smallest absolute Gasteiger partial charge is 0.251 e. The molecule has 4 N–H and O–H groups in total. The molecule has 0 aromatic heterocycles. The first-order valence-electron chi connectivity index (χ1n) is 7.40. The van der Waals surface area contributed by atoms with Gasteiger partial charge in [-0.1, -0.05) is 25.4 Å². The molecule has 0 bridgehead atoms. The van der Waals surface area contributed by atoms with Gasteiger partial charge in [-0.25, -0.2) is 0 Å². The number of amides is 2. The average Bonchev–Trinajstić information content (AvgIpc) is 2.46. The summed E-state index contributed by atoms with van der Waals surface area (Å²) in [7, 11) is 0. The lowest BCUT2D eigenvalue weighted by molar-refractivity contribution is -0.123. The number of nitrogens with one attached hydrogen (secondary N) is 2. The number of carbonyl (C=O) groups is 2. The first kappa shape index (κ1) is 18.5. The summed E-state index contributed by atoms with van der Waals surface area (Å²) in [5, 5.41) is 6.08. The van der Waals surface area contributed by atoms with E-state index in [0.717, 1.165) is 6.42 Å². The second kappa shape index (κ2) is 8.76. The van der Waals surface area contributed by atoms with Crippen molar-refractivity contribution < 1.29 is 9.59 Å². The minimum absolute atomic E-state index is 0.0811. The van der Waals surface area contributed by atoms with Crippen LogP contribution in [0.3, 0.4) is 0 Å². The summed E-state index contributed by atoms with van der Waals surface area (Å²) in [4.78, 5) is 24.2. The van der Waals surface area contributed by atoms with Gasteiger partial charge in [0.1, 0.15) is 6.04 Å². The molecule has 122 valence electrons. The van der Waals surface area contributed by atoms with Crippen molar-refractivity contribution in [1.29, 1.82) is 0 Å². The Bertz CT molecular complexity index is 503. The Morgan fingerprint density at radius 3 is 2.23 bits per heavy atom. The van der Waals surface area contributed by atoms with Crippen molar-refractivity contribution in [3.05, 3.63) is 34.9 Å². The monoisotopic (exact) mass is 325 g/mol. The number of halogens is 1. The molecule has 0 saturated heterocycles. The Morgan fingerprint density at radius 2 is 1.73 bits per heavy atom. The molecule has 22 heavy (non-hydrogen) atoms. The average molecular weight is 326 g/mol. The van der Waals surface area contributed by atoms with Crippen molar-refractivity contribution in [3.63, 3.8) is 0 Å². The highest BCUT2D eigenvalue weighted by Gasteiger charge is 2.19. The van der Waals surface area contributed by atoms with Crippen molar-refractivity contribution in [3.8, 4) is 0 Å². The molecule has 1 aromatic carbocycles. The molecule has 0 aliphatic rings. The standard InChI is InChI=1S/C16H24ClN3O2/c1-10(2)8-14(9-18)20-15(21)11(3)19-16(22)12-4-6-13(17)7-5-12/h4-7,10-11,14H,8-9,18H2,1-3H3,(H,19,22)(H,20,21). The largest absolute Gasteiger partial charge is 0.350 e. The molecule has 0 aliphatic carbocycles. The predicted molar refractivity (Wildman–Crippen MR) is 88.8 cm³/mol. The van der Waals surface area contributed by atoms with Crippen molar-refractivity contribution in [2.45, 2.75) is 39.3 Å². The Balaban J connectivity index is 2.56. The van der Waals surface area contributed by atoms with Gasteiger partial charge in [-0.05, 0) is 43.5 Å². The third-order valence-electron chi connectivity index (χ3n) is 3.23. The van der Waals surface area contributed by atoms with Crippen molar-refractivity contribution in [2.24, 2.45) is 11.7 Å². The molecule has 0 heterocycles. The molecule has 0 fully saturated rings. The normalized spacial score (nSPS) is 13.5. The molecule has 0 spiro atoms. The van der Waals surface area contributed by atoms with E-state index in [2.05, 4.69) is 24.5 Å². The Morgan fingerprint density at radius 1 is 1.14 bits per heavy atom. The van der Waals surface area contributed by atoms with E-state index < -0.39 is 6.04 Å². The first-order valence-corrected chi connectivity index (χ1v) is 7.78. The number of hydrogen-bond donors (Lipinski definition) is 3. The van der Waals surface area contributed by atoms with Crippen LogP contribution in [-0.4, -0.2) is 30.4 Å². The van der Waals surface area contributed by atoms with Crippen LogP contribution in [0.2, 0.25) is 5.02 Å². The number of hydrogen-bond acceptors (Lipinski definition) is 3. The predicted octanol–water partition coefficient (Wildman–Crippen LogP) is 1.95. The van der Waals surface area contributed by atoms with Gasteiger partial charge in [0.15, 0.2) is 0 Å². The van der Waals surface area contributed by atoms with E-state index in [-0.39, 0.29) is 17.9 Å². The zero-order valence-corrected chi connectivity index (χ0v) is 14.0. The van der Waals surface area contributed by atoms with Crippen LogP contribution in [0, 0.1) is 5.92 Å². The van der Waals surface area contributed by atoms with Crippen molar-refractivity contribution in [1.82, 2.24) is 10.6 Å². The highest BCUT2D eigenvalue weighted by molar-refractivity contribution is 6.30. The van der Waals surface area contributed by atoms with Crippen molar-refractivity contribution >= 4 is 23.4 Å². The van der Waals surface area contributed by atoms with E-state index in [1.165, 1.54) is 0 Å². The quantitative estimate of drug-likeness (QED) is 0.716. The van der Waals surface area contributed by atoms with Crippen LogP contribution >= 0.6 is 11.6 Å². The van der Waals surface area contributed by atoms with Crippen LogP contribution < -0.4 is 16.4 Å². The fourth-order valence-corrected chi connectivity index (χ4v) is 2.18. The summed E-state index contributed by atoms with van der Waals surface area (Å²) in [6.07, 6.45) is 0.806. The van der Waals surface area contributed by atoms with Crippen LogP contribution in [0.25, 0.3) is 0 Å². The van der Waals surface area contributed by atoms with E-state index in [9.17, 15) is 9.59 Å². The Kier molecular flexibility index (Phi) is 7.35. The second-order valence-corrected chi connectivity index (χ2v) is 6.21. The molecule has 6 heteroatoms. The van der Waals surface area contributed by atoms with Gasteiger partial charge in [-0.2, -0.15) is 0 Å². The summed E-state index contributed by atoms with van der Waals surface area (Å²) < 4.78 is 0. The molecule has 2 amide bonds. The molecule has 0 saturated carbocycles. The highest BCUT2D eigenvalue weighted by atomic mass is 35.5. The Labute approximate surface area is 136 Å². The molecule has 2 atom stereocenters. The van der Waals surface area contributed by atoms with Crippen LogP contribution in [0.5, 0.6) is 0 Å². The third kappa shape index (κ3) is 6.03. The van der Waals surface area contributed by atoms with Gasteiger partial charge in [-0.3, -0.25) is 9.59 Å². The van der Waals surface area contributed by atoms with Gasteiger partial charge in [0, 0.05) is 23.2 Å². The zero-order chi connectivity index (χ0) is 16.7. The van der Waals surface area contributed by atoms with E-state index in [4.69, 9.17) is 17.3 Å². The minimum Gasteiger partial charge on any atom is -0.350 e.